The maximum absolute atomic E-state index is 6.28. The molecule has 0 saturated carbocycles. The molecule has 4 aromatic rings. The Kier molecular flexibility index (Phi) is 4.66. The molecule has 0 bridgehead atoms. The van der Waals surface area contributed by atoms with Crippen LogP contribution >= 0.6 is 11.6 Å². The fourth-order valence-electron chi connectivity index (χ4n) is 4.14. The molecule has 1 aliphatic rings. The maximum Gasteiger partial charge on any atom is 0.140 e. The van der Waals surface area contributed by atoms with Gasteiger partial charge in [0.25, 0.3) is 0 Å². The summed E-state index contributed by atoms with van der Waals surface area (Å²) >= 11 is 6.28. The smallest absolute Gasteiger partial charge is 0.140 e. The number of anilines is 1. The van der Waals surface area contributed by atoms with E-state index in [0.717, 1.165) is 59.0 Å². The highest BCUT2D eigenvalue weighted by Gasteiger charge is 2.22. The molecule has 4 heterocycles. The van der Waals surface area contributed by atoms with Crippen LogP contribution in [0.15, 0.2) is 42.7 Å². The van der Waals surface area contributed by atoms with E-state index in [0.29, 0.717) is 11.1 Å². The van der Waals surface area contributed by atoms with Gasteiger partial charge in [-0.3, -0.25) is 9.67 Å². The third-order valence-electron chi connectivity index (χ3n) is 5.54. The molecule has 5 rings (SSSR count). The van der Waals surface area contributed by atoms with E-state index in [1.807, 2.05) is 48.3 Å². The van der Waals surface area contributed by atoms with Crippen molar-refractivity contribution in [2.24, 2.45) is 0 Å². The lowest BCUT2D eigenvalue weighted by molar-refractivity contribution is 0.538. The van der Waals surface area contributed by atoms with Crippen LogP contribution in [-0.4, -0.2) is 31.3 Å². The van der Waals surface area contributed by atoms with Gasteiger partial charge in [0.05, 0.1) is 11.2 Å². The topological polar surface area (TPSA) is 59.7 Å². The molecule has 0 radical (unpaired) electrons. The minimum atomic E-state index is 0.294. The van der Waals surface area contributed by atoms with Crippen molar-refractivity contribution in [3.8, 4) is 11.3 Å². The van der Waals surface area contributed by atoms with Gasteiger partial charge in [0.2, 0.25) is 0 Å². The molecule has 3 aromatic heterocycles. The van der Waals surface area contributed by atoms with E-state index in [1.54, 1.807) is 0 Å². The third kappa shape index (κ3) is 3.31. The first-order valence-electron chi connectivity index (χ1n) is 10.2. The second-order valence-corrected chi connectivity index (χ2v) is 8.45. The third-order valence-corrected chi connectivity index (χ3v) is 5.78. The highest BCUT2D eigenvalue weighted by Crippen LogP contribution is 2.32. The van der Waals surface area contributed by atoms with E-state index in [-0.39, 0.29) is 0 Å². The quantitative estimate of drug-likeness (QED) is 0.469. The zero-order chi connectivity index (χ0) is 20.8. The largest absolute Gasteiger partial charge is 0.351 e. The Labute approximate surface area is 180 Å². The zero-order valence-electron chi connectivity index (χ0n) is 17.3. The standard InChI is InChI=1S/C23H23ClN6/c1-14(2)30-22(6-8-26-30)16-10-17-13-29(9-7-20(17)25-12-16)23-19-11-18(24)4-5-21(19)27-15(3)28-23/h4-6,8,10-12,14H,7,9,13H2,1-3H3. The first-order valence-corrected chi connectivity index (χ1v) is 10.6. The van der Waals surface area contributed by atoms with Crippen LogP contribution in [0.4, 0.5) is 5.82 Å². The summed E-state index contributed by atoms with van der Waals surface area (Å²) in [6, 6.07) is 10.4. The molecule has 30 heavy (non-hydrogen) atoms. The van der Waals surface area contributed by atoms with Crippen LogP contribution in [0, 0.1) is 6.92 Å². The number of benzene rings is 1. The van der Waals surface area contributed by atoms with Crippen molar-refractivity contribution in [3.05, 3.63) is 64.8 Å². The van der Waals surface area contributed by atoms with E-state index in [9.17, 15) is 0 Å². The van der Waals surface area contributed by atoms with E-state index in [2.05, 4.69) is 34.9 Å². The van der Waals surface area contributed by atoms with Gasteiger partial charge in [-0.15, -0.1) is 0 Å². The second kappa shape index (κ2) is 7.36. The number of rotatable bonds is 3. The Bertz CT molecular complexity index is 1250. The Morgan fingerprint density at radius 1 is 1.10 bits per heavy atom. The SMILES string of the molecule is Cc1nc(N2CCc3ncc(-c4ccnn4C(C)C)cc3C2)c2cc(Cl)ccc2n1. The summed E-state index contributed by atoms with van der Waals surface area (Å²) in [7, 11) is 0. The van der Waals surface area contributed by atoms with Gasteiger partial charge in [0.15, 0.2) is 0 Å². The van der Waals surface area contributed by atoms with Crippen LogP contribution in [-0.2, 0) is 13.0 Å². The number of nitrogens with zero attached hydrogens (tertiary/aromatic N) is 6. The lowest BCUT2D eigenvalue weighted by Gasteiger charge is -2.30. The molecule has 1 aliphatic heterocycles. The van der Waals surface area contributed by atoms with E-state index >= 15 is 0 Å². The number of aryl methyl sites for hydroxylation is 1. The summed E-state index contributed by atoms with van der Waals surface area (Å²) in [4.78, 5) is 16.4. The predicted molar refractivity (Wildman–Crippen MR) is 120 cm³/mol. The highest BCUT2D eigenvalue weighted by molar-refractivity contribution is 6.31. The number of pyridine rings is 1. The molecule has 0 spiro atoms. The fraction of sp³-hybridized carbons (Fsp3) is 0.304. The highest BCUT2D eigenvalue weighted by atomic mass is 35.5. The number of hydrogen-bond acceptors (Lipinski definition) is 5. The first kappa shape index (κ1) is 19.0. The van der Waals surface area contributed by atoms with Crippen LogP contribution in [0.5, 0.6) is 0 Å². The molecule has 7 heteroatoms. The molecule has 0 N–H and O–H groups in total. The van der Waals surface area contributed by atoms with Gasteiger partial charge in [0.1, 0.15) is 11.6 Å². The Morgan fingerprint density at radius 3 is 2.80 bits per heavy atom. The van der Waals surface area contributed by atoms with Crippen molar-refractivity contribution in [1.82, 2.24) is 24.7 Å². The maximum atomic E-state index is 6.28. The predicted octanol–water partition coefficient (Wildman–Crippen LogP) is 4.99. The van der Waals surface area contributed by atoms with Crippen molar-refractivity contribution in [1.29, 1.82) is 0 Å². The van der Waals surface area contributed by atoms with Gasteiger partial charge >= 0.3 is 0 Å². The number of aromatic nitrogens is 5. The van der Waals surface area contributed by atoms with Crippen LogP contribution in [0.3, 0.4) is 0 Å². The number of halogens is 1. The average molecular weight is 419 g/mol. The normalized spacial score (nSPS) is 13.8. The summed E-state index contributed by atoms with van der Waals surface area (Å²) in [5, 5.41) is 6.15. The summed E-state index contributed by atoms with van der Waals surface area (Å²) in [6.45, 7) is 7.82. The van der Waals surface area contributed by atoms with Crippen molar-refractivity contribution in [2.45, 2.75) is 39.8 Å². The van der Waals surface area contributed by atoms with Crippen molar-refractivity contribution < 1.29 is 0 Å². The minimum Gasteiger partial charge on any atom is -0.351 e. The molecular weight excluding hydrogens is 396 g/mol. The van der Waals surface area contributed by atoms with Crippen LogP contribution in [0.1, 0.15) is 37.0 Å². The lowest BCUT2D eigenvalue weighted by Crippen LogP contribution is -2.32. The molecule has 152 valence electrons. The van der Waals surface area contributed by atoms with Gasteiger partial charge in [0, 0.05) is 59.6 Å². The average Bonchev–Trinajstić information content (AvgIpc) is 3.23. The Hall–Kier alpha value is -2.99. The van der Waals surface area contributed by atoms with Gasteiger partial charge < -0.3 is 4.90 Å². The molecule has 0 atom stereocenters. The number of hydrogen-bond donors (Lipinski definition) is 0. The Morgan fingerprint density at radius 2 is 1.97 bits per heavy atom. The summed E-state index contributed by atoms with van der Waals surface area (Å²) < 4.78 is 2.04. The van der Waals surface area contributed by atoms with Crippen LogP contribution in [0.2, 0.25) is 5.02 Å². The van der Waals surface area contributed by atoms with Crippen LogP contribution < -0.4 is 4.90 Å². The Balaban J connectivity index is 1.55. The van der Waals surface area contributed by atoms with E-state index in [1.165, 1.54) is 5.56 Å². The van der Waals surface area contributed by atoms with E-state index < -0.39 is 0 Å². The molecule has 0 amide bonds. The van der Waals surface area contributed by atoms with Gasteiger partial charge in [-0.1, -0.05) is 11.6 Å². The zero-order valence-corrected chi connectivity index (χ0v) is 18.1. The monoisotopic (exact) mass is 418 g/mol. The summed E-state index contributed by atoms with van der Waals surface area (Å²) in [6.07, 6.45) is 4.69. The van der Waals surface area contributed by atoms with Gasteiger partial charge in [-0.05, 0) is 56.7 Å². The van der Waals surface area contributed by atoms with Crippen molar-refractivity contribution >= 4 is 28.3 Å². The minimum absolute atomic E-state index is 0.294. The molecule has 0 saturated heterocycles. The van der Waals surface area contributed by atoms with Crippen LogP contribution in [0.25, 0.3) is 22.2 Å². The molecule has 1 aromatic carbocycles. The lowest BCUT2D eigenvalue weighted by atomic mass is 10.0. The molecule has 0 unspecified atom stereocenters. The fourth-order valence-corrected chi connectivity index (χ4v) is 4.31. The molecule has 0 aliphatic carbocycles. The van der Waals surface area contributed by atoms with Crippen molar-refractivity contribution in [2.75, 3.05) is 11.4 Å². The van der Waals surface area contributed by atoms with Crippen molar-refractivity contribution in [3.63, 3.8) is 0 Å². The van der Waals surface area contributed by atoms with Gasteiger partial charge in [-0.2, -0.15) is 5.10 Å². The molecule has 0 fully saturated rings. The summed E-state index contributed by atoms with van der Waals surface area (Å²) in [5.74, 6) is 1.70. The first-order chi connectivity index (χ1) is 14.5. The van der Waals surface area contributed by atoms with Gasteiger partial charge in [-0.25, -0.2) is 9.97 Å². The molecular formula is C23H23ClN6. The number of fused-ring (bicyclic) bond motifs is 2. The summed E-state index contributed by atoms with van der Waals surface area (Å²) in [5.41, 5.74) is 5.47. The second-order valence-electron chi connectivity index (χ2n) is 8.01. The molecule has 6 nitrogen and oxygen atoms in total. The van der Waals surface area contributed by atoms with E-state index in [4.69, 9.17) is 21.6 Å².